The van der Waals surface area contributed by atoms with E-state index in [1.807, 2.05) is 49.4 Å². The molecule has 2 rings (SSSR count). The lowest BCUT2D eigenvalue weighted by atomic mass is 10.1. The highest BCUT2D eigenvalue weighted by atomic mass is 16.5. The van der Waals surface area contributed by atoms with Crippen LogP contribution in [0.25, 0.3) is 0 Å². The highest BCUT2D eigenvalue weighted by Crippen LogP contribution is 2.13. The molecule has 5 heteroatoms. The van der Waals surface area contributed by atoms with Crippen molar-refractivity contribution in [2.75, 3.05) is 6.61 Å². The molecular formula is C21H25NO4. The lowest BCUT2D eigenvalue weighted by molar-refractivity contribution is -0.137. The summed E-state index contributed by atoms with van der Waals surface area (Å²) in [7, 11) is 0. The van der Waals surface area contributed by atoms with Gasteiger partial charge in [-0.25, -0.2) is 0 Å². The third-order valence-corrected chi connectivity index (χ3v) is 3.94. The molecule has 0 saturated carbocycles. The molecule has 0 aliphatic rings. The minimum absolute atomic E-state index is 0.0282. The van der Waals surface area contributed by atoms with Gasteiger partial charge in [-0.2, -0.15) is 0 Å². The second kappa shape index (κ2) is 10.2. The van der Waals surface area contributed by atoms with Crippen LogP contribution in [0, 0.1) is 6.92 Å². The molecule has 0 aliphatic heterocycles. The molecular weight excluding hydrogens is 330 g/mol. The number of hydrogen-bond acceptors (Lipinski definition) is 3. The van der Waals surface area contributed by atoms with E-state index in [2.05, 4.69) is 11.4 Å². The van der Waals surface area contributed by atoms with Crippen molar-refractivity contribution in [2.24, 2.45) is 0 Å². The molecule has 2 N–H and O–H groups in total. The average Bonchev–Trinajstić information content (AvgIpc) is 2.63. The van der Waals surface area contributed by atoms with Crippen LogP contribution in [0.2, 0.25) is 0 Å². The van der Waals surface area contributed by atoms with Crippen molar-refractivity contribution in [3.8, 4) is 5.75 Å². The van der Waals surface area contributed by atoms with Crippen LogP contribution in [0.5, 0.6) is 5.75 Å². The predicted molar refractivity (Wildman–Crippen MR) is 100 cm³/mol. The summed E-state index contributed by atoms with van der Waals surface area (Å²) in [5.41, 5.74) is 3.37. The quantitative estimate of drug-likeness (QED) is 0.640. The monoisotopic (exact) mass is 355 g/mol. The van der Waals surface area contributed by atoms with Crippen molar-refractivity contribution in [3.63, 3.8) is 0 Å². The number of rotatable bonds is 10. The molecule has 0 aliphatic carbocycles. The number of carbonyl (C=O) groups excluding carboxylic acids is 1. The molecule has 0 bridgehead atoms. The molecule has 0 spiro atoms. The Morgan fingerprint density at radius 1 is 1.04 bits per heavy atom. The van der Waals surface area contributed by atoms with Gasteiger partial charge in [-0.15, -0.1) is 0 Å². The summed E-state index contributed by atoms with van der Waals surface area (Å²) in [6.07, 6.45) is 1.78. The maximum atomic E-state index is 12.0. The van der Waals surface area contributed by atoms with Gasteiger partial charge in [-0.3, -0.25) is 9.59 Å². The Bertz CT molecular complexity index is 725. The minimum Gasteiger partial charge on any atom is -0.494 e. The fourth-order valence-electron chi connectivity index (χ4n) is 2.53. The number of aryl methyl sites for hydroxylation is 2. The number of hydrogen-bond donors (Lipinski definition) is 2. The highest BCUT2D eigenvalue weighted by molar-refractivity contribution is 5.76. The maximum Gasteiger partial charge on any atom is 0.303 e. The van der Waals surface area contributed by atoms with Gasteiger partial charge in [0.1, 0.15) is 5.75 Å². The first-order chi connectivity index (χ1) is 12.5. The normalized spacial score (nSPS) is 10.3. The van der Waals surface area contributed by atoms with E-state index in [1.165, 1.54) is 11.1 Å². The van der Waals surface area contributed by atoms with Crippen LogP contribution < -0.4 is 10.1 Å². The van der Waals surface area contributed by atoms with Crippen LogP contribution in [0.3, 0.4) is 0 Å². The van der Waals surface area contributed by atoms with Gasteiger partial charge in [0.15, 0.2) is 0 Å². The first-order valence-corrected chi connectivity index (χ1v) is 8.79. The van der Waals surface area contributed by atoms with Crippen LogP contribution in [0.4, 0.5) is 0 Å². The largest absolute Gasteiger partial charge is 0.494 e. The van der Waals surface area contributed by atoms with E-state index in [9.17, 15) is 9.59 Å². The van der Waals surface area contributed by atoms with Gasteiger partial charge in [-0.05, 0) is 43.0 Å². The minimum atomic E-state index is -0.818. The third kappa shape index (κ3) is 7.38. The average molecular weight is 355 g/mol. The van der Waals surface area contributed by atoms with Crippen molar-refractivity contribution in [1.82, 2.24) is 5.32 Å². The Labute approximate surface area is 154 Å². The molecule has 1 amide bonds. The Morgan fingerprint density at radius 3 is 2.50 bits per heavy atom. The fraction of sp³-hybridized carbons (Fsp3) is 0.333. The van der Waals surface area contributed by atoms with Gasteiger partial charge in [0.25, 0.3) is 0 Å². The van der Waals surface area contributed by atoms with Gasteiger partial charge in [0.2, 0.25) is 5.91 Å². The third-order valence-electron chi connectivity index (χ3n) is 3.94. The number of carboxylic acid groups (broad SMARTS) is 1. The van der Waals surface area contributed by atoms with Crippen LogP contribution in [-0.4, -0.2) is 23.6 Å². The molecule has 0 aromatic heterocycles. The zero-order valence-corrected chi connectivity index (χ0v) is 15.0. The molecule has 0 atom stereocenters. The van der Waals surface area contributed by atoms with Crippen LogP contribution in [0.15, 0.2) is 48.5 Å². The van der Waals surface area contributed by atoms with E-state index >= 15 is 0 Å². The smallest absolute Gasteiger partial charge is 0.303 e. The van der Waals surface area contributed by atoms with Gasteiger partial charge >= 0.3 is 5.97 Å². The Balaban J connectivity index is 1.68. The van der Waals surface area contributed by atoms with E-state index in [0.717, 1.165) is 12.0 Å². The molecule has 26 heavy (non-hydrogen) atoms. The number of aliphatic carboxylic acids is 1. The molecule has 0 fully saturated rings. The van der Waals surface area contributed by atoms with Crippen LogP contribution in [-0.2, 0) is 22.6 Å². The predicted octanol–water partition coefficient (Wildman–Crippen LogP) is 3.49. The molecule has 138 valence electrons. The summed E-state index contributed by atoms with van der Waals surface area (Å²) in [4.78, 5) is 22.4. The van der Waals surface area contributed by atoms with E-state index in [1.54, 1.807) is 0 Å². The summed E-state index contributed by atoms with van der Waals surface area (Å²) < 4.78 is 5.48. The van der Waals surface area contributed by atoms with Crippen molar-refractivity contribution in [2.45, 2.75) is 39.2 Å². The SMILES string of the molecule is Cc1cccc(CCC(=O)NCc2ccc(OCCCC(=O)O)cc2)c1. The van der Waals surface area contributed by atoms with Gasteiger partial charge in [0, 0.05) is 19.4 Å². The fourth-order valence-corrected chi connectivity index (χ4v) is 2.53. The molecule has 2 aromatic rings. The van der Waals surface area contributed by atoms with Gasteiger partial charge in [0.05, 0.1) is 6.61 Å². The first-order valence-electron chi connectivity index (χ1n) is 8.79. The Kier molecular flexibility index (Phi) is 7.68. The van der Waals surface area contributed by atoms with Crippen molar-refractivity contribution < 1.29 is 19.4 Å². The lowest BCUT2D eigenvalue weighted by Gasteiger charge is -2.08. The van der Waals surface area contributed by atoms with E-state index in [0.29, 0.717) is 31.7 Å². The highest BCUT2D eigenvalue weighted by Gasteiger charge is 2.03. The number of benzene rings is 2. The molecule has 0 saturated heterocycles. The zero-order valence-electron chi connectivity index (χ0n) is 15.0. The second-order valence-electron chi connectivity index (χ2n) is 6.26. The molecule has 2 aromatic carbocycles. The maximum absolute atomic E-state index is 12.0. The zero-order chi connectivity index (χ0) is 18.8. The van der Waals surface area contributed by atoms with Crippen LogP contribution >= 0.6 is 0 Å². The van der Waals surface area contributed by atoms with Crippen molar-refractivity contribution in [1.29, 1.82) is 0 Å². The number of nitrogens with one attached hydrogen (secondary N) is 1. The lowest BCUT2D eigenvalue weighted by Crippen LogP contribution is -2.22. The first kappa shape index (κ1) is 19.5. The number of carboxylic acids is 1. The second-order valence-corrected chi connectivity index (χ2v) is 6.26. The van der Waals surface area contributed by atoms with Crippen LogP contribution in [0.1, 0.15) is 36.0 Å². The Hall–Kier alpha value is -2.82. The number of ether oxygens (including phenoxy) is 1. The standard InChI is InChI=1S/C21H25NO4/c1-16-4-2-5-17(14-16)9-12-20(23)22-15-18-7-10-19(11-8-18)26-13-3-6-21(24)25/h2,4-5,7-8,10-11,14H,3,6,9,12-13,15H2,1H3,(H,22,23)(H,24,25). The van der Waals surface area contributed by atoms with E-state index in [4.69, 9.17) is 9.84 Å². The number of amides is 1. The summed E-state index contributed by atoms with van der Waals surface area (Å²) >= 11 is 0. The topological polar surface area (TPSA) is 75.6 Å². The van der Waals surface area contributed by atoms with Crippen molar-refractivity contribution in [3.05, 3.63) is 65.2 Å². The van der Waals surface area contributed by atoms with Gasteiger partial charge < -0.3 is 15.2 Å². The Morgan fingerprint density at radius 2 is 1.81 bits per heavy atom. The summed E-state index contributed by atoms with van der Waals surface area (Å²) in [6.45, 7) is 2.90. The number of carbonyl (C=O) groups is 2. The summed E-state index contributed by atoms with van der Waals surface area (Å²) in [6, 6.07) is 15.6. The molecule has 0 heterocycles. The van der Waals surface area contributed by atoms with Gasteiger partial charge in [-0.1, -0.05) is 42.0 Å². The van der Waals surface area contributed by atoms with E-state index in [-0.39, 0.29) is 12.3 Å². The summed E-state index contributed by atoms with van der Waals surface area (Å²) in [5.74, 6) is -0.0903. The molecule has 0 unspecified atom stereocenters. The summed E-state index contributed by atoms with van der Waals surface area (Å²) in [5, 5.41) is 11.5. The molecule has 5 nitrogen and oxygen atoms in total. The molecule has 0 radical (unpaired) electrons. The van der Waals surface area contributed by atoms with E-state index < -0.39 is 5.97 Å². The van der Waals surface area contributed by atoms with Crippen molar-refractivity contribution >= 4 is 11.9 Å².